The first-order chi connectivity index (χ1) is 12.0. The second kappa shape index (κ2) is 9.41. The maximum absolute atomic E-state index is 10.6. The topological polar surface area (TPSA) is 73.0 Å². The summed E-state index contributed by atoms with van der Waals surface area (Å²) in [5.74, 6) is 2.79. The molecule has 2 fully saturated rings. The van der Waals surface area contributed by atoms with Gasteiger partial charge in [-0.05, 0) is 64.6 Å². The molecule has 0 amide bonds. The van der Waals surface area contributed by atoms with Crippen LogP contribution in [-0.4, -0.2) is 54.7 Å². The van der Waals surface area contributed by atoms with Gasteiger partial charge in [0.25, 0.3) is 0 Å². The number of aliphatic hydroxyl groups is 1. The zero-order valence-corrected chi connectivity index (χ0v) is 18.5. The number of halogens is 1. The highest BCUT2D eigenvalue weighted by Gasteiger charge is 2.34. The largest absolute Gasteiger partial charge is 0.463 e. The van der Waals surface area contributed by atoms with Gasteiger partial charge in [0.1, 0.15) is 17.1 Å². The summed E-state index contributed by atoms with van der Waals surface area (Å²) in [5.41, 5.74) is -1.10. The van der Waals surface area contributed by atoms with E-state index in [0.717, 1.165) is 30.9 Å². The number of hydrogen-bond acceptors (Lipinski definition) is 4. The normalized spacial score (nSPS) is 23.4. The summed E-state index contributed by atoms with van der Waals surface area (Å²) >= 11 is 0. The first kappa shape index (κ1) is 21.5. The van der Waals surface area contributed by atoms with Crippen LogP contribution in [0, 0.1) is 12.8 Å². The van der Waals surface area contributed by atoms with Crippen LogP contribution in [0.5, 0.6) is 0 Å². The molecule has 0 spiro atoms. The number of furan rings is 1. The lowest BCUT2D eigenvalue weighted by molar-refractivity contribution is 0.0428. The molecule has 3 N–H and O–H groups in total. The number of guanidine groups is 1. The summed E-state index contributed by atoms with van der Waals surface area (Å²) < 4.78 is 5.56. The number of aryl methyl sites for hydroxylation is 1. The van der Waals surface area contributed by atoms with Crippen molar-refractivity contribution in [3.8, 4) is 0 Å². The van der Waals surface area contributed by atoms with Crippen molar-refractivity contribution in [2.45, 2.75) is 51.7 Å². The summed E-state index contributed by atoms with van der Waals surface area (Å²) in [5, 5.41) is 17.3. The highest BCUT2D eigenvalue weighted by atomic mass is 127. The summed E-state index contributed by atoms with van der Waals surface area (Å²) in [6.07, 6.45) is 4.02. The van der Waals surface area contributed by atoms with Crippen LogP contribution in [0.25, 0.3) is 0 Å². The maximum Gasteiger partial charge on any atom is 0.191 e. The van der Waals surface area contributed by atoms with Gasteiger partial charge in [-0.2, -0.15) is 0 Å². The van der Waals surface area contributed by atoms with Crippen LogP contribution in [0.2, 0.25) is 0 Å². The Morgan fingerprint density at radius 2 is 2.12 bits per heavy atom. The van der Waals surface area contributed by atoms with Crippen LogP contribution in [-0.2, 0) is 5.60 Å². The Morgan fingerprint density at radius 3 is 2.73 bits per heavy atom. The van der Waals surface area contributed by atoms with Crippen LogP contribution in [0.1, 0.15) is 44.6 Å². The van der Waals surface area contributed by atoms with Crippen molar-refractivity contribution in [1.29, 1.82) is 0 Å². The molecule has 2 heterocycles. The molecule has 7 heteroatoms. The predicted octanol–water partition coefficient (Wildman–Crippen LogP) is 2.45. The van der Waals surface area contributed by atoms with E-state index < -0.39 is 5.60 Å². The maximum atomic E-state index is 10.6. The SMILES string of the molecule is CCNC(=NCC(C)(O)c1ccc(C)o1)NCC1CCN(C2CC2)C1.I. The summed E-state index contributed by atoms with van der Waals surface area (Å²) in [7, 11) is 0. The van der Waals surface area contributed by atoms with Crippen LogP contribution in [0.15, 0.2) is 21.5 Å². The molecule has 26 heavy (non-hydrogen) atoms. The van der Waals surface area contributed by atoms with Gasteiger partial charge in [-0.1, -0.05) is 0 Å². The second-order valence-corrected chi connectivity index (χ2v) is 7.64. The van der Waals surface area contributed by atoms with E-state index in [-0.39, 0.29) is 30.5 Å². The average molecular weight is 476 g/mol. The van der Waals surface area contributed by atoms with Gasteiger partial charge in [-0.3, -0.25) is 0 Å². The number of likely N-dealkylation sites (tertiary alicyclic amines) is 1. The molecule has 148 valence electrons. The van der Waals surface area contributed by atoms with Crippen LogP contribution in [0.3, 0.4) is 0 Å². The molecule has 2 aliphatic rings. The Bertz CT molecular complexity index is 598. The molecule has 1 aromatic heterocycles. The third-order valence-corrected chi connectivity index (χ3v) is 5.10. The first-order valence-electron chi connectivity index (χ1n) is 9.53. The average Bonchev–Trinajstić information content (AvgIpc) is 3.15. The van der Waals surface area contributed by atoms with Crippen molar-refractivity contribution >= 4 is 29.9 Å². The van der Waals surface area contributed by atoms with Gasteiger partial charge in [0.2, 0.25) is 0 Å². The first-order valence-corrected chi connectivity index (χ1v) is 9.53. The van der Waals surface area contributed by atoms with E-state index in [1.54, 1.807) is 6.92 Å². The lowest BCUT2D eigenvalue weighted by Crippen LogP contribution is -2.41. The van der Waals surface area contributed by atoms with Gasteiger partial charge >= 0.3 is 0 Å². The van der Waals surface area contributed by atoms with Crippen LogP contribution >= 0.6 is 24.0 Å². The summed E-state index contributed by atoms with van der Waals surface area (Å²) in [6, 6.07) is 4.54. The predicted molar refractivity (Wildman–Crippen MR) is 115 cm³/mol. The van der Waals surface area contributed by atoms with Gasteiger partial charge in [0.15, 0.2) is 5.96 Å². The summed E-state index contributed by atoms with van der Waals surface area (Å²) in [6.45, 7) is 10.1. The molecule has 2 unspecified atom stereocenters. The van der Waals surface area contributed by atoms with Gasteiger partial charge < -0.3 is 25.1 Å². The zero-order chi connectivity index (χ0) is 17.9. The highest BCUT2D eigenvalue weighted by molar-refractivity contribution is 14.0. The van der Waals surface area contributed by atoms with Crippen LogP contribution < -0.4 is 10.6 Å². The molecular weight excluding hydrogens is 443 g/mol. The number of aliphatic imine (C=N–C) groups is 1. The van der Waals surface area contributed by atoms with E-state index in [1.807, 2.05) is 19.1 Å². The quantitative estimate of drug-likeness (QED) is 0.321. The number of rotatable bonds is 7. The molecule has 1 aliphatic heterocycles. The molecule has 2 atom stereocenters. The lowest BCUT2D eigenvalue weighted by Gasteiger charge is -2.20. The molecule has 1 aromatic rings. The van der Waals surface area contributed by atoms with Crippen molar-refractivity contribution in [3.05, 3.63) is 23.7 Å². The van der Waals surface area contributed by atoms with E-state index in [1.165, 1.54) is 32.4 Å². The standard InChI is InChI=1S/C19H32N4O2.HI/c1-4-20-18(21-11-15-9-10-23(12-15)16-6-7-16)22-13-19(3,24)17-8-5-14(2)25-17;/h5,8,15-16,24H,4,6-7,9-13H2,1-3H3,(H2,20,21,22);1H. The van der Waals surface area contributed by atoms with Gasteiger partial charge in [-0.15, -0.1) is 24.0 Å². The van der Waals surface area contributed by atoms with Gasteiger partial charge in [-0.25, -0.2) is 4.99 Å². The Morgan fingerprint density at radius 1 is 1.35 bits per heavy atom. The fraction of sp³-hybridized carbons (Fsp3) is 0.737. The van der Waals surface area contributed by atoms with E-state index in [9.17, 15) is 5.11 Å². The smallest absolute Gasteiger partial charge is 0.191 e. The van der Waals surface area contributed by atoms with Crippen molar-refractivity contribution in [2.24, 2.45) is 10.9 Å². The minimum atomic E-state index is -1.10. The number of hydrogen-bond donors (Lipinski definition) is 3. The van der Waals surface area contributed by atoms with E-state index in [4.69, 9.17) is 4.42 Å². The Kier molecular flexibility index (Phi) is 7.78. The minimum absolute atomic E-state index is 0. The van der Waals surface area contributed by atoms with Crippen LogP contribution in [0.4, 0.5) is 0 Å². The molecule has 1 aliphatic carbocycles. The molecule has 0 bridgehead atoms. The third kappa shape index (κ3) is 5.85. The Labute approximate surface area is 173 Å². The van der Waals surface area contributed by atoms with E-state index in [0.29, 0.717) is 11.7 Å². The monoisotopic (exact) mass is 476 g/mol. The van der Waals surface area contributed by atoms with Gasteiger partial charge in [0, 0.05) is 25.7 Å². The second-order valence-electron chi connectivity index (χ2n) is 7.64. The van der Waals surface area contributed by atoms with E-state index >= 15 is 0 Å². The number of nitrogens with zero attached hydrogens (tertiary/aromatic N) is 2. The van der Waals surface area contributed by atoms with Crippen molar-refractivity contribution < 1.29 is 9.52 Å². The molecule has 0 aromatic carbocycles. The fourth-order valence-corrected chi connectivity index (χ4v) is 3.42. The Balaban J connectivity index is 0.00000243. The minimum Gasteiger partial charge on any atom is -0.463 e. The van der Waals surface area contributed by atoms with Gasteiger partial charge in [0.05, 0.1) is 6.54 Å². The van der Waals surface area contributed by atoms with Crippen molar-refractivity contribution in [1.82, 2.24) is 15.5 Å². The fourth-order valence-electron chi connectivity index (χ4n) is 3.42. The molecule has 1 saturated carbocycles. The van der Waals surface area contributed by atoms with Crippen molar-refractivity contribution in [2.75, 3.05) is 32.7 Å². The molecule has 3 rings (SSSR count). The molecule has 0 radical (unpaired) electrons. The highest BCUT2D eigenvalue weighted by Crippen LogP contribution is 2.31. The van der Waals surface area contributed by atoms with E-state index in [2.05, 4.69) is 27.4 Å². The molecule has 6 nitrogen and oxygen atoms in total. The summed E-state index contributed by atoms with van der Waals surface area (Å²) in [4.78, 5) is 7.19. The zero-order valence-electron chi connectivity index (χ0n) is 16.1. The molecular formula is C19H33IN4O2. The molecule has 1 saturated heterocycles. The third-order valence-electron chi connectivity index (χ3n) is 5.10. The Hall–Kier alpha value is -0.800. The lowest BCUT2D eigenvalue weighted by atomic mass is 10.0. The number of nitrogens with one attached hydrogen (secondary N) is 2. The van der Waals surface area contributed by atoms with Crippen molar-refractivity contribution in [3.63, 3.8) is 0 Å².